The molecule has 0 fully saturated rings. The van der Waals surface area contributed by atoms with E-state index in [0.717, 1.165) is 57.7 Å². The SMILES string of the molecule is CCc1ccc(C(=O)COC(=O)c2c3c(nc4ccccc24)C(=Cc2ccc4c(c2)OCO4)CC3)cc1. The van der Waals surface area contributed by atoms with E-state index in [1.165, 1.54) is 0 Å². The van der Waals surface area contributed by atoms with E-state index in [2.05, 4.69) is 13.0 Å². The molecule has 0 spiro atoms. The van der Waals surface area contributed by atoms with Crippen LogP contribution >= 0.6 is 0 Å². The lowest BCUT2D eigenvalue weighted by Gasteiger charge is -2.12. The van der Waals surface area contributed by atoms with Gasteiger partial charge in [0, 0.05) is 10.9 Å². The van der Waals surface area contributed by atoms with Crippen molar-refractivity contribution < 1.29 is 23.8 Å². The molecule has 0 saturated carbocycles. The highest BCUT2D eigenvalue weighted by atomic mass is 16.7. The summed E-state index contributed by atoms with van der Waals surface area (Å²) in [7, 11) is 0. The quantitative estimate of drug-likeness (QED) is 0.241. The van der Waals surface area contributed by atoms with Crippen LogP contribution in [0, 0.1) is 0 Å². The van der Waals surface area contributed by atoms with Gasteiger partial charge in [-0.25, -0.2) is 9.78 Å². The minimum absolute atomic E-state index is 0.226. The molecule has 37 heavy (non-hydrogen) atoms. The first-order chi connectivity index (χ1) is 18.1. The van der Waals surface area contributed by atoms with Crippen molar-refractivity contribution in [2.75, 3.05) is 13.4 Å². The summed E-state index contributed by atoms with van der Waals surface area (Å²) < 4.78 is 16.5. The fourth-order valence-corrected chi connectivity index (χ4v) is 4.93. The third-order valence-electron chi connectivity index (χ3n) is 6.90. The van der Waals surface area contributed by atoms with Gasteiger partial charge < -0.3 is 14.2 Å². The number of benzene rings is 3. The zero-order valence-electron chi connectivity index (χ0n) is 20.5. The monoisotopic (exact) mass is 491 g/mol. The zero-order chi connectivity index (χ0) is 25.4. The van der Waals surface area contributed by atoms with Crippen molar-refractivity contribution in [3.05, 3.63) is 100 Å². The third kappa shape index (κ3) is 4.35. The summed E-state index contributed by atoms with van der Waals surface area (Å²) in [6, 6.07) is 20.8. The van der Waals surface area contributed by atoms with E-state index in [4.69, 9.17) is 19.2 Å². The number of hydrogen-bond donors (Lipinski definition) is 0. The van der Waals surface area contributed by atoms with Crippen molar-refractivity contribution in [1.29, 1.82) is 0 Å². The number of aromatic nitrogens is 1. The van der Waals surface area contributed by atoms with Gasteiger partial charge in [0.1, 0.15) is 0 Å². The van der Waals surface area contributed by atoms with E-state index >= 15 is 0 Å². The van der Waals surface area contributed by atoms with Gasteiger partial charge in [-0.05, 0) is 65.8 Å². The lowest BCUT2D eigenvalue weighted by Crippen LogP contribution is -2.16. The van der Waals surface area contributed by atoms with Crippen LogP contribution in [0.3, 0.4) is 0 Å². The number of Topliss-reactive ketones (excluding diaryl/α,β-unsaturated/α-hetero) is 1. The molecule has 0 radical (unpaired) electrons. The van der Waals surface area contributed by atoms with Crippen LogP contribution in [0.5, 0.6) is 11.5 Å². The molecule has 1 aliphatic heterocycles. The number of rotatable bonds is 6. The summed E-state index contributed by atoms with van der Waals surface area (Å²) in [5, 5.41) is 0.732. The maximum atomic E-state index is 13.4. The largest absolute Gasteiger partial charge is 0.454 e. The molecule has 0 atom stereocenters. The van der Waals surface area contributed by atoms with E-state index in [0.29, 0.717) is 23.1 Å². The molecule has 6 heteroatoms. The van der Waals surface area contributed by atoms with Gasteiger partial charge in [0.25, 0.3) is 0 Å². The molecule has 6 nitrogen and oxygen atoms in total. The normalized spacial score (nSPS) is 14.7. The van der Waals surface area contributed by atoms with Crippen molar-refractivity contribution in [2.45, 2.75) is 26.2 Å². The van der Waals surface area contributed by atoms with Crippen molar-refractivity contribution >= 4 is 34.3 Å². The smallest absolute Gasteiger partial charge is 0.339 e. The van der Waals surface area contributed by atoms with E-state index in [1.807, 2.05) is 54.6 Å². The molecule has 4 aromatic rings. The van der Waals surface area contributed by atoms with Crippen LogP contribution in [-0.4, -0.2) is 30.1 Å². The number of carbonyl (C=O) groups is 2. The Morgan fingerprint density at radius 3 is 2.62 bits per heavy atom. The number of para-hydroxylation sites is 1. The number of pyridine rings is 1. The summed E-state index contributed by atoms with van der Waals surface area (Å²) in [6.07, 6.45) is 4.39. The standard InChI is InChI=1S/C31H25NO5/c1-2-19-7-10-21(11-8-19)26(33)17-35-31(34)29-23-5-3-4-6-25(23)32-30-22(12-13-24(29)30)15-20-9-14-27-28(16-20)37-18-36-27/h3-11,14-16H,2,12-13,17-18H2,1H3. The number of fused-ring (bicyclic) bond motifs is 3. The number of esters is 1. The highest BCUT2D eigenvalue weighted by Gasteiger charge is 2.28. The zero-order valence-corrected chi connectivity index (χ0v) is 20.5. The molecule has 0 unspecified atom stereocenters. The molecular formula is C31H25NO5. The number of carbonyl (C=O) groups excluding carboxylic acids is 2. The molecule has 1 aliphatic carbocycles. The molecule has 0 amide bonds. The molecule has 3 aromatic carbocycles. The Kier molecular flexibility index (Phi) is 5.93. The third-order valence-corrected chi connectivity index (χ3v) is 6.90. The second-order valence-corrected chi connectivity index (χ2v) is 9.16. The first-order valence-electron chi connectivity index (χ1n) is 12.4. The molecule has 2 aliphatic rings. The number of hydrogen-bond acceptors (Lipinski definition) is 6. The maximum absolute atomic E-state index is 13.4. The fraction of sp³-hybridized carbons (Fsp3) is 0.194. The van der Waals surface area contributed by atoms with Gasteiger partial charge >= 0.3 is 5.97 Å². The van der Waals surface area contributed by atoms with Crippen molar-refractivity contribution in [1.82, 2.24) is 4.98 Å². The molecule has 0 saturated heterocycles. The lowest BCUT2D eigenvalue weighted by atomic mass is 10.0. The van der Waals surface area contributed by atoms with Gasteiger partial charge in [-0.1, -0.05) is 55.5 Å². The number of ether oxygens (including phenoxy) is 3. The van der Waals surface area contributed by atoms with Gasteiger partial charge in [0.15, 0.2) is 23.9 Å². The van der Waals surface area contributed by atoms with E-state index in [9.17, 15) is 9.59 Å². The minimum Gasteiger partial charge on any atom is -0.454 e. The van der Waals surface area contributed by atoms with Crippen LogP contribution < -0.4 is 9.47 Å². The van der Waals surface area contributed by atoms with E-state index in [1.54, 1.807) is 12.1 Å². The molecule has 0 bridgehead atoms. The number of ketones is 1. The average molecular weight is 492 g/mol. The summed E-state index contributed by atoms with van der Waals surface area (Å²) >= 11 is 0. The number of nitrogens with zero attached hydrogens (tertiary/aromatic N) is 1. The maximum Gasteiger partial charge on any atom is 0.339 e. The Bertz CT molecular complexity index is 1570. The van der Waals surface area contributed by atoms with Crippen LogP contribution in [0.25, 0.3) is 22.6 Å². The van der Waals surface area contributed by atoms with Gasteiger partial charge in [-0.15, -0.1) is 0 Å². The van der Waals surface area contributed by atoms with Crippen LogP contribution in [0.1, 0.15) is 56.4 Å². The van der Waals surface area contributed by atoms with E-state index < -0.39 is 5.97 Å². The van der Waals surface area contributed by atoms with Crippen LogP contribution in [0.15, 0.2) is 66.7 Å². The fourth-order valence-electron chi connectivity index (χ4n) is 4.93. The summed E-state index contributed by atoms with van der Waals surface area (Å²) in [5.41, 5.74) is 6.56. The minimum atomic E-state index is -0.502. The van der Waals surface area contributed by atoms with Gasteiger partial charge in [0.05, 0.1) is 16.8 Å². The highest BCUT2D eigenvalue weighted by molar-refractivity contribution is 6.08. The van der Waals surface area contributed by atoms with Crippen molar-refractivity contribution in [3.63, 3.8) is 0 Å². The Morgan fingerprint density at radius 2 is 1.78 bits per heavy atom. The van der Waals surface area contributed by atoms with Crippen LogP contribution in [0.2, 0.25) is 0 Å². The first-order valence-corrected chi connectivity index (χ1v) is 12.4. The molecule has 2 heterocycles. The second-order valence-electron chi connectivity index (χ2n) is 9.16. The predicted molar refractivity (Wildman–Crippen MR) is 141 cm³/mol. The average Bonchev–Trinajstić information content (AvgIpc) is 3.57. The summed E-state index contributed by atoms with van der Waals surface area (Å²) in [5.74, 6) is 0.725. The molecule has 1 aromatic heterocycles. The summed E-state index contributed by atoms with van der Waals surface area (Å²) in [6.45, 7) is 1.98. The molecule has 184 valence electrons. The molecule has 6 rings (SSSR count). The van der Waals surface area contributed by atoms with Crippen molar-refractivity contribution in [2.24, 2.45) is 0 Å². The first kappa shape index (κ1) is 23.0. The Balaban J connectivity index is 1.31. The van der Waals surface area contributed by atoms with E-state index in [-0.39, 0.29) is 19.2 Å². The van der Waals surface area contributed by atoms with Crippen molar-refractivity contribution in [3.8, 4) is 11.5 Å². The Hall–Kier alpha value is -4.45. The van der Waals surface area contributed by atoms with Crippen LogP contribution in [0.4, 0.5) is 0 Å². The molecule has 0 N–H and O–H groups in total. The van der Waals surface area contributed by atoms with Gasteiger partial charge in [0.2, 0.25) is 6.79 Å². The second kappa shape index (κ2) is 9.54. The molecular weight excluding hydrogens is 466 g/mol. The van der Waals surface area contributed by atoms with Gasteiger partial charge in [-0.2, -0.15) is 0 Å². The van der Waals surface area contributed by atoms with Crippen LogP contribution in [-0.2, 0) is 17.6 Å². The number of allylic oxidation sites excluding steroid dienone is 1. The topological polar surface area (TPSA) is 74.7 Å². The summed E-state index contributed by atoms with van der Waals surface area (Å²) in [4.78, 5) is 31.0. The number of aryl methyl sites for hydroxylation is 1. The van der Waals surface area contributed by atoms with Gasteiger partial charge in [-0.3, -0.25) is 4.79 Å². The Morgan fingerprint density at radius 1 is 0.973 bits per heavy atom. The highest BCUT2D eigenvalue weighted by Crippen LogP contribution is 2.39. The lowest BCUT2D eigenvalue weighted by molar-refractivity contribution is 0.0475. The predicted octanol–water partition coefficient (Wildman–Crippen LogP) is 6.05. The Labute approximate surface area is 214 Å².